The van der Waals surface area contributed by atoms with E-state index in [1.54, 1.807) is 36.4 Å². The second-order valence-electron chi connectivity index (χ2n) is 7.93. The zero-order valence-corrected chi connectivity index (χ0v) is 18.2. The monoisotopic (exact) mass is 453 g/mol. The quantitative estimate of drug-likeness (QED) is 0.535. The number of aromatic nitrogens is 2. The average molecular weight is 454 g/mol. The van der Waals surface area contributed by atoms with Gasteiger partial charge in [-0.2, -0.15) is 0 Å². The molecule has 1 fully saturated rings. The van der Waals surface area contributed by atoms with Crippen LogP contribution in [0.15, 0.2) is 53.6 Å². The molecule has 1 aliphatic carbocycles. The average Bonchev–Trinajstić information content (AvgIpc) is 2.80. The molecule has 0 spiro atoms. The maximum Gasteiger partial charge on any atom is 0.323 e. The number of hydrogen-bond donors (Lipinski definition) is 3. The standard InChI is InChI=1S/C23H24ClN5O3/c24-17-7-4-8-18(11-17)27-23(32)28-19-13-25-20-10-9-16(14-29(20)22(19)31)21(30)26-12-15-5-2-1-3-6-15/h4,7-11,13-15H,1-3,5-6,12H2,(H,26,30)(H2,27,28,32). The molecule has 3 N–H and O–H groups in total. The number of fused-ring (bicyclic) bond motifs is 1. The fourth-order valence-electron chi connectivity index (χ4n) is 3.88. The van der Waals surface area contributed by atoms with E-state index in [0.29, 0.717) is 34.4 Å². The first-order valence-electron chi connectivity index (χ1n) is 10.6. The first-order chi connectivity index (χ1) is 15.5. The summed E-state index contributed by atoms with van der Waals surface area (Å²) in [6.07, 6.45) is 8.68. The summed E-state index contributed by atoms with van der Waals surface area (Å²) in [5, 5.41) is 8.55. The molecule has 8 nitrogen and oxygen atoms in total. The number of amides is 3. The third-order valence-corrected chi connectivity index (χ3v) is 5.81. The number of nitrogens with one attached hydrogen (secondary N) is 3. The molecule has 3 aromatic rings. The van der Waals surface area contributed by atoms with Gasteiger partial charge in [-0.3, -0.25) is 14.0 Å². The largest absolute Gasteiger partial charge is 0.352 e. The molecule has 32 heavy (non-hydrogen) atoms. The van der Waals surface area contributed by atoms with Gasteiger partial charge in [0.25, 0.3) is 11.5 Å². The van der Waals surface area contributed by atoms with Gasteiger partial charge in [0.05, 0.1) is 11.8 Å². The lowest BCUT2D eigenvalue weighted by atomic mass is 9.89. The molecule has 1 saturated carbocycles. The summed E-state index contributed by atoms with van der Waals surface area (Å²) in [5.41, 5.74) is 0.720. The van der Waals surface area contributed by atoms with Crippen LogP contribution in [-0.2, 0) is 0 Å². The third kappa shape index (κ3) is 5.26. The van der Waals surface area contributed by atoms with E-state index in [-0.39, 0.29) is 11.6 Å². The smallest absolute Gasteiger partial charge is 0.323 e. The lowest BCUT2D eigenvalue weighted by Gasteiger charge is -2.21. The summed E-state index contributed by atoms with van der Waals surface area (Å²) < 4.78 is 1.25. The highest BCUT2D eigenvalue weighted by molar-refractivity contribution is 6.30. The van der Waals surface area contributed by atoms with E-state index in [1.165, 1.54) is 36.1 Å². The molecule has 0 saturated heterocycles. The van der Waals surface area contributed by atoms with Crippen molar-refractivity contribution in [1.29, 1.82) is 0 Å². The van der Waals surface area contributed by atoms with Crippen molar-refractivity contribution in [2.45, 2.75) is 32.1 Å². The predicted octanol–water partition coefficient (Wildman–Crippen LogP) is 4.30. The molecule has 0 unspecified atom stereocenters. The van der Waals surface area contributed by atoms with E-state index >= 15 is 0 Å². The van der Waals surface area contributed by atoms with Crippen LogP contribution in [0.1, 0.15) is 42.5 Å². The third-order valence-electron chi connectivity index (χ3n) is 5.57. The van der Waals surface area contributed by atoms with Crippen LogP contribution in [0.4, 0.5) is 16.2 Å². The minimum atomic E-state index is -0.604. The fraction of sp³-hybridized carbons (Fsp3) is 0.304. The molecular weight excluding hydrogens is 430 g/mol. The van der Waals surface area contributed by atoms with Crippen molar-refractivity contribution in [1.82, 2.24) is 14.7 Å². The van der Waals surface area contributed by atoms with Crippen molar-refractivity contribution < 1.29 is 9.59 Å². The van der Waals surface area contributed by atoms with E-state index in [9.17, 15) is 14.4 Å². The van der Waals surface area contributed by atoms with Gasteiger partial charge in [0.1, 0.15) is 11.3 Å². The Morgan fingerprint density at radius 2 is 1.91 bits per heavy atom. The van der Waals surface area contributed by atoms with Gasteiger partial charge in [-0.1, -0.05) is 36.9 Å². The van der Waals surface area contributed by atoms with E-state index in [4.69, 9.17) is 11.6 Å². The van der Waals surface area contributed by atoms with Gasteiger partial charge in [-0.15, -0.1) is 0 Å². The van der Waals surface area contributed by atoms with Crippen LogP contribution < -0.4 is 21.5 Å². The van der Waals surface area contributed by atoms with Crippen molar-refractivity contribution in [2.24, 2.45) is 5.92 Å². The second kappa shape index (κ2) is 9.82. The molecule has 0 atom stereocenters. The maximum atomic E-state index is 12.9. The molecule has 0 radical (unpaired) electrons. The number of benzene rings is 1. The number of pyridine rings is 1. The summed E-state index contributed by atoms with van der Waals surface area (Å²) in [5.74, 6) is 0.271. The van der Waals surface area contributed by atoms with Gasteiger partial charge in [0.15, 0.2) is 0 Å². The van der Waals surface area contributed by atoms with Crippen molar-refractivity contribution in [3.63, 3.8) is 0 Å². The van der Waals surface area contributed by atoms with Crippen molar-refractivity contribution in [2.75, 3.05) is 17.2 Å². The Morgan fingerprint density at radius 1 is 1.09 bits per heavy atom. The molecule has 0 bridgehead atoms. The summed E-state index contributed by atoms with van der Waals surface area (Å²) in [6.45, 7) is 0.634. The number of halogens is 1. The molecule has 1 aliphatic rings. The maximum absolute atomic E-state index is 12.9. The first-order valence-corrected chi connectivity index (χ1v) is 11.0. The van der Waals surface area contributed by atoms with Crippen molar-refractivity contribution in [3.05, 3.63) is 69.7 Å². The van der Waals surface area contributed by atoms with Crippen LogP contribution in [0.3, 0.4) is 0 Å². The molecule has 0 aliphatic heterocycles. The minimum absolute atomic E-state index is 0.0122. The molecule has 2 aromatic heterocycles. The zero-order chi connectivity index (χ0) is 22.5. The van der Waals surface area contributed by atoms with Crippen LogP contribution in [0.5, 0.6) is 0 Å². The van der Waals surface area contributed by atoms with Crippen molar-refractivity contribution >= 4 is 40.6 Å². The summed E-state index contributed by atoms with van der Waals surface area (Å²) >= 11 is 5.92. The molecule has 166 valence electrons. The number of carbonyl (C=O) groups excluding carboxylic acids is 2. The molecule has 1 aromatic carbocycles. The number of anilines is 2. The zero-order valence-electron chi connectivity index (χ0n) is 17.4. The van der Waals surface area contributed by atoms with Crippen LogP contribution in [-0.4, -0.2) is 27.9 Å². The van der Waals surface area contributed by atoms with Gasteiger partial charge < -0.3 is 16.0 Å². The Hall–Kier alpha value is -3.39. The normalized spacial score (nSPS) is 14.2. The summed E-state index contributed by atoms with van der Waals surface area (Å²) in [4.78, 5) is 42.0. The highest BCUT2D eigenvalue weighted by Gasteiger charge is 2.16. The lowest BCUT2D eigenvalue weighted by Crippen LogP contribution is -2.31. The Kier molecular flexibility index (Phi) is 6.70. The topological polar surface area (TPSA) is 105 Å². The number of nitrogens with zero attached hydrogens (tertiary/aromatic N) is 2. The van der Waals surface area contributed by atoms with Crippen LogP contribution >= 0.6 is 11.6 Å². The molecule has 4 rings (SSSR count). The number of hydrogen-bond acceptors (Lipinski definition) is 4. The van der Waals surface area contributed by atoms with Crippen LogP contribution in [0.25, 0.3) is 5.65 Å². The van der Waals surface area contributed by atoms with Gasteiger partial charge in [-0.25, -0.2) is 9.78 Å². The van der Waals surface area contributed by atoms with Gasteiger partial charge in [0, 0.05) is 23.5 Å². The lowest BCUT2D eigenvalue weighted by molar-refractivity contribution is 0.0943. The Bertz CT molecular complexity index is 1200. The fourth-order valence-corrected chi connectivity index (χ4v) is 4.07. The van der Waals surface area contributed by atoms with Crippen molar-refractivity contribution in [3.8, 4) is 0 Å². The van der Waals surface area contributed by atoms with Gasteiger partial charge >= 0.3 is 6.03 Å². The van der Waals surface area contributed by atoms with Gasteiger partial charge in [-0.05, 0) is 49.1 Å². The predicted molar refractivity (Wildman–Crippen MR) is 124 cm³/mol. The second-order valence-corrected chi connectivity index (χ2v) is 8.36. The van der Waals surface area contributed by atoms with Crippen LogP contribution in [0.2, 0.25) is 5.02 Å². The van der Waals surface area contributed by atoms with E-state index in [0.717, 1.165) is 12.8 Å². The minimum Gasteiger partial charge on any atom is -0.352 e. The Morgan fingerprint density at radius 3 is 2.69 bits per heavy atom. The number of rotatable bonds is 5. The highest BCUT2D eigenvalue weighted by Crippen LogP contribution is 2.22. The van der Waals surface area contributed by atoms with E-state index in [2.05, 4.69) is 20.9 Å². The Labute approximate surface area is 190 Å². The van der Waals surface area contributed by atoms with E-state index < -0.39 is 11.6 Å². The Balaban J connectivity index is 1.47. The number of carbonyl (C=O) groups is 2. The molecular formula is C23H24ClN5O3. The molecule has 3 amide bonds. The SMILES string of the molecule is O=C(Nc1cccc(Cl)c1)Nc1cnc2ccc(C(=O)NCC3CCCCC3)cn2c1=O. The molecule has 2 heterocycles. The van der Waals surface area contributed by atoms with Gasteiger partial charge in [0.2, 0.25) is 0 Å². The summed E-state index contributed by atoms with van der Waals surface area (Å²) in [6, 6.07) is 9.29. The summed E-state index contributed by atoms with van der Waals surface area (Å²) in [7, 11) is 0. The van der Waals surface area contributed by atoms with E-state index in [1.807, 2.05) is 0 Å². The first kappa shape index (κ1) is 21.8. The highest BCUT2D eigenvalue weighted by atomic mass is 35.5. The molecule has 9 heteroatoms. The number of urea groups is 1. The van der Waals surface area contributed by atoms with Crippen LogP contribution in [0, 0.1) is 5.92 Å².